The van der Waals surface area contributed by atoms with Crippen LogP contribution in [0.1, 0.15) is 6.92 Å². The van der Waals surface area contributed by atoms with E-state index >= 15 is 0 Å². The predicted molar refractivity (Wildman–Crippen MR) is 97.0 cm³/mol. The fourth-order valence-corrected chi connectivity index (χ4v) is 4.13. The molecule has 0 saturated carbocycles. The highest BCUT2D eigenvalue weighted by atomic mass is 32.1. The van der Waals surface area contributed by atoms with Crippen LogP contribution in [0.2, 0.25) is 0 Å². The number of hydrogen-bond donors (Lipinski definition) is 2. The van der Waals surface area contributed by atoms with Crippen molar-refractivity contribution in [3.8, 4) is 16.5 Å². The van der Waals surface area contributed by atoms with Crippen molar-refractivity contribution in [2.24, 2.45) is 5.73 Å². The minimum atomic E-state index is -4.65. The molecule has 2 amide bonds. The maximum Gasteiger partial charge on any atom is 0.416 e. The van der Waals surface area contributed by atoms with E-state index < -0.39 is 36.9 Å². The van der Waals surface area contributed by atoms with Gasteiger partial charge in [-0.15, -0.1) is 11.3 Å². The quantitative estimate of drug-likeness (QED) is 0.768. The summed E-state index contributed by atoms with van der Waals surface area (Å²) in [6.45, 7) is 1.41. The molecule has 2 aliphatic rings. The van der Waals surface area contributed by atoms with Gasteiger partial charge < -0.3 is 25.1 Å². The van der Waals surface area contributed by atoms with Crippen molar-refractivity contribution in [1.82, 2.24) is 9.55 Å². The van der Waals surface area contributed by atoms with Crippen LogP contribution in [0.3, 0.4) is 0 Å². The van der Waals surface area contributed by atoms with Crippen LogP contribution in [0.4, 0.5) is 28.8 Å². The molecular weight excluding hydrogens is 415 g/mol. The highest BCUT2D eigenvalue weighted by molar-refractivity contribution is 7.19. The van der Waals surface area contributed by atoms with Gasteiger partial charge in [-0.1, -0.05) is 0 Å². The Kier molecular flexibility index (Phi) is 4.56. The fraction of sp³-hybridized carbons (Fsp3) is 0.438. The summed E-state index contributed by atoms with van der Waals surface area (Å²) in [5, 5.41) is 3.53. The summed E-state index contributed by atoms with van der Waals surface area (Å²) in [7, 11) is 0. The second-order valence-corrected chi connectivity index (χ2v) is 7.59. The first-order valence-electron chi connectivity index (χ1n) is 8.58. The van der Waals surface area contributed by atoms with Crippen molar-refractivity contribution in [1.29, 1.82) is 0 Å². The summed E-state index contributed by atoms with van der Waals surface area (Å²) < 4.78 is 51.7. The highest BCUT2D eigenvalue weighted by Crippen LogP contribution is 2.44. The Bertz CT molecular complexity index is 972. The van der Waals surface area contributed by atoms with E-state index in [1.165, 1.54) is 17.5 Å². The van der Waals surface area contributed by atoms with Crippen LogP contribution in [0.25, 0.3) is 10.7 Å². The van der Waals surface area contributed by atoms with E-state index in [0.717, 1.165) is 0 Å². The molecule has 2 aliphatic heterocycles. The molecule has 0 aromatic carbocycles. The number of primary amides is 1. The zero-order valence-corrected chi connectivity index (χ0v) is 15.8. The van der Waals surface area contributed by atoms with E-state index in [0.29, 0.717) is 32.9 Å². The summed E-state index contributed by atoms with van der Waals surface area (Å²) in [5.41, 5.74) is 5.26. The largest absolute Gasteiger partial charge is 0.490 e. The van der Waals surface area contributed by atoms with E-state index in [-0.39, 0.29) is 12.4 Å². The van der Waals surface area contributed by atoms with Crippen LogP contribution < -0.4 is 20.7 Å². The fourth-order valence-electron chi connectivity index (χ4n) is 3.03. The van der Waals surface area contributed by atoms with Gasteiger partial charge >= 0.3 is 12.3 Å². The molecule has 1 saturated heterocycles. The second-order valence-electron chi connectivity index (χ2n) is 6.54. The number of amides is 2. The number of aromatic nitrogens is 2. The lowest BCUT2D eigenvalue weighted by molar-refractivity contribution is -0.147. The second kappa shape index (κ2) is 6.83. The lowest BCUT2D eigenvalue weighted by atomic mass is 10.3. The predicted octanol–water partition coefficient (Wildman–Crippen LogP) is 2.18. The molecule has 13 heteroatoms. The van der Waals surface area contributed by atoms with Gasteiger partial charge in [-0.05, 0) is 6.92 Å². The van der Waals surface area contributed by atoms with Crippen molar-refractivity contribution >= 4 is 34.2 Å². The van der Waals surface area contributed by atoms with Crippen molar-refractivity contribution < 1.29 is 32.2 Å². The van der Waals surface area contributed by atoms with Gasteiger partial charge in [0, 0.05) is 12.3 Å². The number of rotatable bonds is 4. The van der Waals surface area contributed by atoms with Crippen molar-refractivity contribution in [2.75, 3.05) is 23.4 Å². The molecule has 0 unspecified atom stereocenters. The van der Waals surface area contributed by atoms with Gasteiger partial charge in [-0.3, -0.25) is 4.79 Å². The number of carbonyl (C=O) groups excluding carboxylic acids is 2. The van der Waals surface area contributed by atoms with Gasteiger partial charge in [0.1, 0.15) is 29.9 Å². The number of halogens is 3. The number of carbonyl (C=O) groups is 2. The number of nitrogens with one attached hydrogen (secondary N) is 1. The number of alkyl halides is 3. The smallest absolute Gasteiger partial charge is 0.416 e. The summed E-state index contributed by atoms with van der Waals surface area (Å²) >= 11 is 1.22. The van der Waals surface area contributed by atoms with E-state index in [2.05, 4.69) is 15.0 Å². The maximum atomic E-state index is 13.3. The number of nitrogens with two attached hydrogens (primary N) is 1. The van der Waals surface area contributed by atoms with Crippen LogP contribution in [-0.2, 0) is 16.1 Å². The first kappa shape index (κ1) is 19.4. The van der Waals surface area contributed by atoms with Crippen LogP contribution in [0.5, 0.6) is 5.75 Å². The molecule has 156 valence electrons. The maximum absolute atomic E-state index is 13.3. The van der Waals surface area contributed by atoms with E-state index in [9.17, 15) is 22.8 Å². The van der Waals surface area contributed by atoms with Gasteiger partial charge in [0.2, 0.25) is 5.91 Å². The van der Waals surface area contributed by atoms with Crippen molar-refractivity contribution in [2.45, 2.75) is 31.7 Å². The third-order valence-electron chi connectivity index (χ3n) is 4.54. The third-order valence-corrected chi connectivity index (χ3v) is 5.58. The van der Waals surface area contributed by atoms with E-state index in [1.807, 2.05) is 0 Å². The monoisotopic (exact) mass is 431 g/mol. The van der Waals surface area contributed by atoms with Gasteiger partial charge in [-0.25, -0.2) is 14.7 Å². The Morgan fingerprint density at radius 2 is 2.21 bits per heavy atom. The molecular formula is C16H16F3N5O4S. The molecule has 0 radical (unpaired) electrons. The minimum absolute atomic E-state index is 0.147. The number of fused-ring (bicyclic) bond motifs is 3. The molecule has 0 bridgehead atoms. The number of cyclic esters (lactones) is 1. The summed E-state index contributed by atoms with van der Waals surface area (Å²) in [5.74, 6) is 0.148. The zero-order chi connectivity index (χ0) is 20.9. The van der Waals surface area contributed by atoms with Crippen LogP contribution in [0, 0.1) is 0 Å². The Hall–Kier alpha value is -2.96. The van der Waals surface area contributed by atoms with Crippen LogP contribution >= 0.6 is 11.3 Å². The number of anilines is 2. The summed E-state index contributed by atoms with van der Waals surface area (Å²) in [6.07, 6.45) is -4.37. The Morgan fingerprint density at radius 3 is 2.90 bits per heavy atom. The minimum Gasteiger partial charge on any atom is -0.490 e. The molecule has 3 N–H and O–H groups in total. The Balaban J connectivity index is 1.70. The van der Waals surface area contributed by atoms with Gasteiger partial charge in [0.15, 0.2) is 17.7 Å². The van der Waals surface area contributed by atoms with E-state index in [1.54, 1.807) is 17.6 Å². The Labute approximate surface area is 166 Å². The van der Waals surface area contributed by atoms with Crippen molar-refractivity contribution in [3.05, 3.63) is 12.3 Å². The molecule has 9 nitrogen and oxygen atoms in total. The zero-order valence-electron chi connectivity index (χ0n) is 15.0. The molecule has 4 heterocycles. The molecule has 1 fully saturated rings. The first-order valence-corrected chi connectivity index (χ1v) is 9.39. The molecule has 2 atom stereocenters. The third kappa shape index (κ3) is 3.45. The number of imidazole rings is 1. The topological polar surface area (TPSA) is 112 Å². The average Bonchev–Trinajstić information content (AvgIpc) is 3.29. The molecule has 2 aromatic rings. The molecule has 2 aromatic heterocycles. The summed E-state index contributed by atoms with van der Waals surface area (Å²) in [6, 6.07) is -1.05. The van der Waals surface area contributed by atoms with Crippen LogP contribution in [-0.4, -0.2) is 53.0 Å². The number of nitrogens with zero attached hydrogens (tertiary/aromatic N) is 3. The lowest BCUT2D eigenvalue weighted by Crippen LogP contribution is -2.44. The van der Waals surface area contributed by atoms with E-state index in [4.69, 9.17) is 10.5 Å². The highest BCUT2D eigenvalue weighted by Gasteiger charge is 2.52. The molecule has 0 aliphatic carbocycles. The first-order chi connectivity index (χ1) is 13.6. The number of hydrogen-bond acceptors (Lipinski definition) is 7. The molecule has 4 rings (SSSR count). The molecule has 0 spiro atoms. The SMILES string of the molecule is C[C@H](Nc1cc2c(s1)-c1nc(N3C(=O)OC[C@H]3C(F)(F)F)cn1CCO2)C(N)=O. The lowest BCUT2D eigenvalue weighted by Gasteiger charge is -2.21. The van der Waals surface area contributed by atoms with Gasteiger partial charge in [0.25, 0.3) is 0 Å². The van der Waals surface area contributed by atoms with Gasteiger partial charge in [0.05, 0.1) is 11.5 Å². The van der Waals surface area contributed by atoms with Crippen molar-refractivity contribution in [3.63, 3.8) is 0 Å². The average molecular weight is 431 g/mol. The number of ether oxygens (including phenoxy) is 2. The summed E-state index contributed by atoms with van der Waals surface area (Å²) in [4.78, 5) is 28.5. The molecule has 29 heavy (non-hydrogen) atoms. The van der Waals surface area contributed by atoms with Crippen LogP contribution in [0.15, 0.2) is 12.3 Å². The normalized spacial score (nSPS) is 19.7. The standard InChI is InChI=1S/C16H16F3N5O4S/c1-7(13(20)25)21-11-4-8-12(29-11)14-22-10(5-23(14)2-3-27-8)24-9(16(17,18)19)6-28-15(24)26/h4-5,7,9,21H,2-3,6H2,1H3,(H2,20,25)/t7-,9-/m0/s1. The number of thiophene rings is 1. The Morgan fingerprint density at radius 1 is 1.45 bits per heavy atom. The van der Waals surface area contributed by atoms with Gasteiger partial charge in [-0.2, -0.15) is 13.2 Å².